The maximum absolute atomic E-state index is 12.3. The van der Waals surface area contributed by atoms with Crippen molar-refractivity contribution < 1.29 is 13.9 Å². The van der Waals surface area contributed by atoms with Crippen molar-refractivity contribution in [1.29, 1.82) is 0 Å². The molecule has 0 saturated heterocycles. The molecule has 0 spiro atoms. The van der Waals surface area contributed by atoms with Crippen LogP contribution in [0.1, 0.15) is 5.56 Å². The molecule has 0 unspecified atom stereocenters. The number of hydrogen-bond donors (Lipinski definition) is 1. The molecule has 0 bridgehead atoms. The van der Waals surface area contributed by atoms with Crippen LogP contribution in [0.3, 0.4) is 0 Å². The highest BCUT2D eigenvalue weighted by Crippen LogP contribution is 2.31. The summed E-state index contributed by atoms with van der Waals surface area (Å²) in [4.78, 5) is 20.9. The predicted octanol–water partition coefficient (Wildman–Crippen LogP) is 4.55. The maximum Gasteiger partial charge on any atom is 0.248 e. The Labute approximate surface area is 161 Å². The molecular weight excluding hydrogens is 354 g/mol. The molecule has 0 radical (unpaired) electrons. The van der Waals surface area contributed by atoms with Gasteiger partial charge in [0.15, 0.2) is 11.2 Å². The Kier molecular flexibility index (Phi) is 4.84. The number of aromatic nitrogens is 2. The van der Waals surface area contributed by atoms with Gasteiger partial charge in [-0.3, -0.25) is 4.79 Å². The first-order valence-electron chi connectivity index (χ1n) is 8.67. The number of carbonyl (C=O) groups excluding carboxylic acids is 1. The summed E-state index contributed by atoms with van der Waals surface area (Å²) in [5.74, 6) is 0.699. The Hall–Kier alpha value is -3.93. The Morgan fingerprint density at radius 3 is 2.75 bits per heavy atom. The van der Waals surface area contributed by atoms with Crippen molar-refractivity contribution in [2.24, 2.45) is 0 Å². The summed E-state index contributed by atoms with van der Waals surface area (Å²) in [6.45, 7) is 0. The highest BCUT2D eigenvalue weighted by atomic mass is 16.5. The lowest BCUT2D eigenvalue weighted by atomic mass is 10.1. The van der Waals surface area contributed by atoms with Gasteiger partial charge in [-0.15, -0.1) is 0 Å². The second-order valence-electron chi connectivity index (χ2n) is 5.99. The molecule has 0 aliphatic carbocycles. The molecule has 6 heteroatoms. The molecular formula is C22H17N3O3. The molecule has 0 aliphatic rings. The van der Waals surface area contributed by atoms with Gasteiger partial charge in [-0.1, -0.05) is 30.3 Å². The van der Waals surface area contributed by atoms with Crippen molar-refractivity contribution >= 4 is 28.9 Å². The number of carbonyl (C=O) groups is 1. The number of nitrogens with one attached hydrogen (secondary N) is 1. The molecule has 138 valence electrons. The van der Waals surface area contributed by atoms with Crippen LogP contribution in [0.15, 0.2) is 77.4 Å². The van der Waals surface area contributed by atoms with Crippen LogP contribution < -0.4 is 10.1 Å². The zero-order chi connectivity index (χ0) is 19.3. The zero-order valence-electron chi connectivity index (χ0n) is 15.1. The Morgan fingerprint density at radius 1 is 1.11 bits per heavy atom. The van der Waals surface area contributed by atoms with E-state index >= 15 is 0 Å². The molecule has 0 fully saturated rings. The van der Waals surface area contributed by atoms with Crippen LogP contribution in [-0.4, -0.2) is 23.0 Å². The molecule has 2 aromatic heterocycles. The zero-order valence-corrected chi connectivity index (χ0v) is 15.1. The predicted molar refractivity (Wildman–Crippen MR) is 108 cm³/mol. The topological polar surface area (TPSA) is 77.2 Å². The van der Waals surface area contributed by atoms with Gasteiger partial charge < -0.3 is 14.5 Å². The fourth-order valence-corrected chi connectivity index (χ4v) is 2.74. The van der Waals surface area contributed by atoms with Gasteiger partial charge in [0.2, 0.25) is 11.8 Å². The lowest BCUT2D eigenvalue weighted by molar-refractivity contribution is -0.111. The molecule has 0 saturated carbocycles. The quantitative estimate of drug-likeness (QED) is 0.521. The summed E-state index contributed by atoms with van der Waals surface area (Å²) in [5.41, 5.74) is 3.31. The standard InChI is InChI=1S/C22H17N3O3/c1-27-18-11-10-16(22-25-21-19(28-22)8-5-13-23-21)14-17(18)24-20(26)12-9-15-6-3-2-4-7-15/h2-14H,1H3,(H,24,26). The van der Waals surface area contributed by atoms with E-state index in [2.05, 4.69) is 15.3 Å². The van der Waals surface area contributed by atoms with Gasteiger partial charge in [0, 0.05) is 17.8 Å². The molecule has 4 rings (SSSR count). The summed E-state index contributed by atoms with van der Waals surface area (Å²) in [5, 5.41) is 2.84. The lowest BCUT2D eigenvalue weighted by Gasteiger charge is -2.10. The minimum atomic E-state index is -0.265. The fourth-order valence-electron chi connectivity index (χ4n) is 2.74. The lowest BCUT2D eigenvalue weighted by Crippen LogP contribution is -2.09. The van der Waals surface area contributed by atoms with Crippen LogP contribution in [0.25, 0.3) is 28.8 Å². The third-order valence-electron chi connectivity index (χ3n) is 4.10. The van der Waals surface area contributed by atoms with Crippen molar-refractivity contribution in [2.75, 3.05) is 12.4 Å². The largest absolute Gasteiger partial charge is 0.495 e. The van der Waals surface area contributed by atoms with Gasteiger partial charge in [-0.25, -0.2) is 4.98 Å². The van der Waals surface area contributed by atoms with Crippen molar-refractivity contribution in [2.45, 2.75) is 0 Å². The Bertz CT molecular complexity index is 1120. The number of ether oxygens (including phenoxy) is 1. The second kappa shape index (κ2) is 7.75. The van der Waals surface area contributed by atoms with E-state index in [0.29, 0.717) is 34.1 Å². The molecule has 0 aliphatic heterocycles. The van der Waals surface area contributed by atoms with Crippen molar-refractivity contribution in [3.63, 3.8) is 0 Å². The number of rotatable bonds is 5. The summed E-state index contributed by atoms with van der Waals surface area (Å²) >= 11 is 0. The van der Waals surface area contributed by atoms with E-state index < -0.39 is 0 Å². The SMILES string of the molecule is COc1ccc(-c2nc3ncccc3o2)cc1NC(=O)C=Cc1ccccc1. The fraction of sp³-hybridized carbons (Fsp3) is 0.0455. The molecule has 0 atom stereocenters. The highest BCUT2D eigenvalue weighted by Gasteiger charge is 2.13. The van der Waals surface area contributed by atoms with Crippen molar-refractivity contribution in [3.05, 3.63) is 78.5 Å². The molecule has 28 heavy (non-hydrogen) atoms. The van der Waals surface area contributed by atoms with E-state index in [4.69, 9.17) is 9.15 Å². The number of fused-ring (bicyclic) bond motifs is 1. The minimum Gasteiger partial charge on any atom is -0.495 e. The molecule has 1 amide bonds. The Balaban J connectivity index is 1.60. The van der Waals surface area contributed by atoms with E-state index in [-0.39, 0.29) is 5.91 Å². The normalized spacial score (nSPS) is 11.0. The number of amides is 1. The van der Waals surface area contributed by atoms with Crippen LogP contribution in [-0.2, 0) is 4.79 Å². The molecule has 2 heterocycles. The highest BCUT2D eigenvalue weighted by molar-refractivity contribution is 6.03. The first-order valence-corrected chi connectivity index (χ1v) is 8.67. The van der Waals surface area contributed by atoms with Gasteiger partial charge in [-0.2, -0.15) is 4.98 Å². The average Bonchev–Trinajstić information content (AvgIpc) is 3.17. The van der Waals surface area contributed by atoms with Gasteiger partial charge in [0.1, 0.15) is 5.75 Å². The van der Waals surface area contributed by atoms with Crippen LogP contribution >= 0.6 is 0 Å². The summed E-state index contributed by atoms with van der Waals surface area (Å²) in [6.07, 6.45) is 4.89. The second-order valence-corrected chi connectivity index (χ2v) is 5.99. The molecule has 2 aromatic carbocycles. The number of anilines is 1. The summed E-state index contributed by atoms with van der Waals surface area (Å²) in [6, 6.07) is 18.5. The van der Waals surface area contributed by atoms with Crippen molar-refractivity contribution in [3.8, 4) is 17.2 Å². The van der Waals surface area contributed by atoms with E-state index in [1.165, 1.54) is 6.08 Å². The first kappa shape index (κ1) is 17.5. The van der Waals surface area contributed by atoms with Gasteiger partial charge >= 0.3 is 0 Å². The summed E-state index contributed by atoms with van der Waals surface area (Å²) in [7, 11) is 1.55. The van der Waals surface area contributed by atoms with Gasteiger partial charge in [0.05, 0.1) is 12.8 Å². The number of nitrogens with zero attached hydrogens (tertiary/aromatic N) is 2. The first-order chi connectivity index (χ1) is 13.7. The van der Waals surface area contributed by atoms with E-state index in [0.717, 1.165) is 5.56 Å². The monoisotopic (exact) mass is 371 g/mol. The number of hydrogen-bond acceptors (Lipinski definition) is 5. The van der Waals surface area contributed by atoms with E-state index in [1.807, 2.05) is 36.4 Å². The third kappa shape index (κ3) is 3.76. The van der Waals surface area contributed by atoms with E-state index in [9.17, 15) is 4.79 Å². The van der Waals surface area contributed by atoms with Gasteiger partial charge in [0.25, 0.3) is 0 Å². The Morgan fingerprint density at radius 2 is 1.96 bits per heavy atom. The van der Waals surface area contributed by atoms with Crippen LogP contribution in [0.2, 0.25) is 0 Å². The smallest absolute Gasteiger partial charge is 0.248 e. The number of benzene rings is 2. The van der Waals surface area contributed by atoms with Crippen LogP contribution in [0.5, 0.6) is 5.75 Å². The van der Waals surface area contributed by atoms with Crippen LogP contribution in [0.4, 0.5) is 5.69 Å². The van der Waals surface area contributed by atoms with Gasteiger partial charge in [-0.05, 0) is 42.0 Å². The van der Waals surface area contributed by atoms with E-state index in [1.54, 1.807) is 43.6 Å². The minimum absolute atomic E-state index is 0.265. The third-order valence-corrected chi connectivity index (χ3v) is 4.10. The number of methoxy groups -OCH3 is 1. The molecule has 6 nitrogen and oxygen atoms in total. The molecule has 1 N–H and O–H groups in total. The maximum atomic E-state index is 12.3. The number of oxazole rings is 1. The summed E-state index contributed by atoms with van der Waals surface area (Å²) < 4.78 is 11.1. The molecule has 4 aromatic rings. The van der Waals surface area contributed by atoms with Crippen LogP contribution in [0, 0.1) is 0 Å². The number of pyridine rings is 1. The average molecular weight is 371 g/mol. The van der Waals surface area contributed by atoms with Crippen molar-refractivity contribution in [1.82, 2.24) is 9.97 Å².